The third-order valence-corrected chi connectivity index (χ3v) is 9.20. The van der Waals surface area contributed by atoms with E-state index < -0.39 is 18.4 Å². The van der Waals surface area contributed by atoms with Crippen molar-refractivity contribution in [1.82, 2.24) is 4.90 Å². The summed E-state index contributed by atoms with van der Waals surface area (Å²) < 4.78 is 5.98. The quantitative estimate of drug-likeness (QED) is 0.169. The van der Waals surface area contributed by atoms with Gasteiger partial charge in [-0.05, 0) is 72.4 Å². The summed E-state index contributed by atoms with van der Waals surface area (Å²) >= 11 is 0. The van der Waals surface area contributed by atoms with Crippen molar-refractivity contribution >= 4 is 12.0 Å². The summed E-state index contributed by atoms with van der Waals surface area (Å²) in [5, 5.41) is 31.2. The lowest BCUT2D eigenvalue weighted by Crippen LogP contribution is -2.22. The molecule has 0 amide bonds. The highest BCUT2D eigenvalue weighted by Crippen LogP contribution is 2.33. The Hall–Kier alpha value is -3.50. The normalized spacial score (nSPS) is 18.0. The molecule has 242 valence electrons. The molecule has 9 heteroatoms. The molecule has 3 aliphatic rings. The number of aliphatic imine (C=N–C) groups is 1. The average Bonchev–Trinajstić information content (AvgIpc) is 3.60. The lowest BCUT2D eigenvalue weighted by atomic mass is 9.85. The number of nitrogens with two attached hydrogens (primary N) is 2. The minimum Gasteiger partial charge on any atom is -0.504 e. The van der Waals surface area contributed by atoms with Crippen LogP contribution in [-0.4, -0.2) is 57.7 Å². The van der Waals surface area contributed by atoms with Crippen molar-refractivity contribution in [3.63, 3.8) is 0 Å². The third-order valence-electron chi connectivity index (χ3n) is 9.20. The van der Waals surface area contributed by atoms with E-state index in [-0.39, 0.29) is 37.5 Å². The number of aliphatic hydroxyl groups is 2. The van der Waals surface area contributed by atoms with E-state index in [1.54, 1.807) is 18.2 Å². The molecule has 2 atom stereocenters. The highest BCUT2D eigenvalue weighted by atomic mass is 16.5. The van der Waals surface area contributed by atoms with Crippen LogP contribution in [0.4, 0.5) is 0 Å². The van der Waals surface area contributed by atoms with Gasteiger partial charge in [-0.2, -0.15) is 0 Å². The topological polar surface area (TPSA) is 155 Å². The van der Waals surface area contributed by atoms with Crippen LogP contribution >= 0.6 is 0 Å². The zero-order chi connectivity index (χ0) is 31.8. The van der Waals surface area contributed by atoms with Gasteiger partial charge in [-0.1, -0.05) is 62.4 Å². The second kappa shape index (κ2) is 15.7. The number of ether oxygens (including phenoxy) is 1. The van der Waals surface area contributed by atoms with Gasteiger partial charge in [0.05, 0.1) is 24.1 Å². The molecule has 1 saturated carbocycles. The lowest BCUT2D eigenvalue weighted by molar-refractivity contribution is -0.121. The fourth-order valence-electron chi connectivity index (χ4n) is 6.60. The van der Waals surface area contributed by atoms with E-state index in [1.807, 2.05) is 35.5 Å². The fourth-order valence-corrected chi connectivity index (χ4v) is 6.60. The van der Waals surface area contributed by atoms with E-state index in [0.29, 0.717) is 31.1 Å². The van der Waals surface area contributed by atoms with Crippen LogP contribution in [-0.2, 0) is 17.6 Å². The molecule has 2 heterocycles. The van der Waals surface area contributed by atoms with Gasteiger partial charge in [0.15, 0.2) is 18.2 Å². The Balaban J connectivity index is 1.06. The first-order valence-electron chi connectivity index (χ1n) is 16.4. The number of phenolic OH excluding ortho intramolecular Hbond substituents is 1. The molecule has 2 unspecified atom stereocenters. The molecule has 45 heavy (non-hydrogen) atoms. The first kappa shape index (κ1) is 32.9. The first-order chi connectivity index (χ1) is 21.7. The Labute approximate surface area is 266 Å². The predicted molar refractivity (Wildman–Crippen MR) is 176 cm³/mol. The van der Waals surface area contributed by atoms with Crippen molar-refractivity contribution in [2.24, 2.45) is 22.4 Å². The molecule has 7 N–H and O–H groups in total. The Morgan fingerprint density at radius 3 is 2.67 bits per heavy atom. The number of benzene rings is 2. The summed E-state index contributed by atoms with van der Waals surface area (Å²) in [6.45, 7) is 0.881. The molecule has 1 fully saturated rings. The molecule has 1 aliphatic carbocycles. The maximum absolute atomic E-state index is 12.6. The van der Waals surface area contributed by atoms with E-state index in [9.17, 15) is 20.1 Å². The summed E-state index contributed by atoms with van der Waals surface area (Å²) in [7, 11) is 0. The Morgan fingerprint density at radius 1 is 1.04 bits per heavy atom. The standard InChI is InChI=1S/C36H48N4O5/c37-36(38)27-8-4-7-26(15-27)16-28-20-39-33-22-40(21-32(28)33)23-45-35-17-25(11-14-34(35)44)10-13-30(42)19-31(43)18-29(41)12-9-24-5-2-1-3-6-24/h4,7-8,11,14-15,17,20,22,24,29,31,36,41,43-44H,1-3,5-6,9-10,12-13,16,18-19,21,23,37-38H2. The van der Waals surface area contributed by atoms with E-state index in [1.165, 1.54) is 32.1 Å². The summed E-state index contributed by atoms with van der Waals surface area (Å²) in [5.74, 6) is 1.03. The van der Waals surface area contributed by atoms with E-state index in [0.717, 1.165) is 46.4 Å². The van der Waals surface area contributed by atoms with Crippen molar-refractivity contribution in [2.75, 3.05) is 13.3 Å². The van der Waals surface area contributed by atoms with Crippen LogP contribution < -0.4 is 16.2 Å². The maximum Gasteiger partial charge on any atom is 0.163 e. The van der Waals surface area contributed by atoms with Crippen molar-refractivity contribution in [2.45, 2.75) is 95.4 Å². The van der Waals surface area contributed by atoms with Gasteiger partial charge < -0.3 is 36.4 Å². The van der Waals surface area contributed by atoms with Gasteiger partial charge in [-0.25, -0.2) is 0 Å². The second-order valence-corrected chi connectivity index (χ2v) is 12.9. The zero-order valence-electron chi connectivity index (χ0n) is 26.1. The molecule has 5 rings (SSSR count). The first-order valence-corrected chi connectivity index (χ1v) is 16.4. The molecule has 0 radical (unpaired) electrons. The minimum absolute atomic E-state index is 0.0330. The Morgan fingerprint density at radius 2 is 1.87 bits per heavy atom. The number of Topliss-reactive ketones (excluding diaryl/α,β-unsaturated/α-hetero) is 1. The van der Waals surface area contributed by atoms with Gasteiger partial charge in [-0.15, -0.1) is 0 Å². The number of ketones is 1. The number of hydrogen-bond donors (Lipinski definition) is 5. The van der Waals surface area contributed by atoms with Crippen LogP contribution in [0.3, 0.4) is 0 Å². The molecule has 2 aromatic carbocycles. The van der Waals surface area contributed by atoms with E-state index >= 15 is 0 Å². The minimum atomic E-state index is -0.832. The number of carbonyl (C=O) groups is 1. The molecule has 0 spiro atoms. The van der Waals surface area contributed by atoms with Gasteiger partial charge in [0.2, 0.25) is 0 Å². The molecular weight excluding hydrogens is 568 g/mol. The molecule has 2 aliphatic heterocycles. The SMILES string of the molecule is NC(N)c1cccc(CC2=C3CN(COc4cc(CCC(=O)CC(O)CC(O)CCC5CCCCC5)ccc4O)C=C3N=C2)c1. The molecule has 9 nitrogen and oxygen atoms in total. The molecule has 0 aromatic heterocycles. The molecular formula is C36H48N4O5. The number of rotatable bonds is 16. The van der Waals surface area contributed by atoms with Crippen LogP contribution in [0.1, 0.15) is 87.1 Å². The molecule has 0 bridgehead atoms. The van der Waals surface area contributed by atoms with Gasteiger partial charge in [-0.3, -0.25) is 9.79 Å². The van der Waals surface area contributed by atoms with E-state index in [2.05, 4.69) is 11.1 Å². The zero-order valence-corrected chi connectivity index (χ0v) is 26.1. The number of fused-ring (bicyclic) bond motifs is 1. The van der Waals surface area contributed by atoms with Crippen LogP contribution in [0.25, 0.3) is 0 Å². The summed E-state index contributed by atoms with van der Waals surface area (Å²) in [6, 6.07) is 13.1. The fraction of sp³-hybridized carbons (Fsp3) is 0.500. The number of allylic oxidation sites excluding steroid dienone is 1. The summed E-state index contributed by atoms with van der Waals surface area (Å²) in [4.78, 5) is 19.2. The number of aromatic hydroxyl groups is 1. The molecule has 2 aromatic rings. The highest BCUT2D eigenvalue weighted by molar-refractivity contribution is 5.87. The van der Waals surface area contributed by atoms with Gasteiger partial charge >= 0.3 is 0 Å². The number of phenols is 1. The monoisotopic (exact) mass is 616 g/mol. The van der Waals surface area contributed by atoms with Crippen molar-refractivity contribution in [1.29, 1.82) is 0 Å². The lowest BCUT2D eigenvalue weighted by Gasteiger charge is -2.23. The van der Waals surface area contributed by atoms with Gasteiger partial charge in [0.1, 0.15) is 5.78 Å². The largest absolute Gasteiger partial charge is 0.504 e. The number of aliphatic hydroxyl groups excluding tert-OH is 2. The van der Waals surface area contributed by atoms with E-state index in [4.69, 9.17) is 16.2 Å². The number of hydrogen-bond acceptors (Lipinski definition) is 9. The summed E-state index contributed by atoms with van der Waals surface area (Å²) in [6.07, 6.45) is 11.7. The number of carbonyl (C=O) groups excluding carboxylic acids is 1. The second-order valence-electron chi connectivity index (χ2n) is 12.9. The van der Waals surface area contributed by atoms with Crippen LogP contribution in [0.5, 0.6) is 11.5 Å². The van der Waals surface area contributed by atoms with Crippen molar-refractivity contribution < 1.29 is 24.9 Å². The number of aryl methyl sites for hydroxylation is 1. The Bertz CT molecular complexity index is 1410. The third kappa shape index (κ3) is 9.50. The van der Waals surface area contributed by atoms with Crippen LogP contribution in [0.2, 0.25) is 0 Å². The summed E-state index contributed by atoms with van der Waals surface area (Å²) in [5.41, 5.74) is 17.8. The average molecular weight is 617 g/mol. The predicted octanol–water partition coefficient (Wildman–Crippen LogP) is 4.79. The number of nitrogens with zero attached hydrogens (tertiary/aromatic N) is 2. The van der Waals surface area contributed by atoms with Gasteiger partial charge in [0.25, 0.3) is 0 Å². The van der Waals surface area contributed by atoms with Gasteiger partial charge in [0, 0.05) is 37.4 Å². The van der Waals surface area contributed by atoms with Crippen molar-refractivity contribution in [3.05, 3.63) is 82.2 Å². The van der Waals surface area contributed by atoms with Crippen molar-refractivity contribution in [3.8, 4) is 11.5 Å². The van der Waals surface area contributed by atoms with Crippen LogP contribution in [0.15, 0.2) is 70.5 Å². The highest BCUT2D eigenvalue weighted by Gasteiger charge is 2.25. The molecule has 0 saturated heterocycles. The smallest absolute Gasteiger partial charge is 0.163 e. The van der Waals surface area contributed by atoms with Crippen LogP contribution in [0, 0.1) is 5.92 Å². The Kier molecular flexibility index (Phi) is 11.5. The maximum atomic E-state index is 12.6.